The van der Waals surface area contributed by atoms with Gasteiger partial charge in [-0.1, -0.05) is 207 Å². The highest BCUT2D eigenvalue weighted by molar-refractivity contribution is 6.12. The maximum Gasteiger partial charge on any atom is 0.0561 e. The van der Waals surface area contributed by atoms with Gasteiger partial charge in [-0.25, -0.2) is 0 Å². The van der Waals surface area contributed by atoms with E-state index in [9.17, 15) is 0 Å². The van der Waals surface area contributed by atoms with E-state index in [0.29, 0.717) is 5.92 Å². The Morgan fingerprint density at radius 1 is 0.364 bits per heavy atom. The molecule has 316 valence electrons. The van der Waals surface area contributed by atoms with Gasteiger partial charge in [0.1, 0.15) is 0 Å². The lowest BCUT2D eigenvalue weighted by Gasteiger charge is -2.31. The van der Waals surface area contributed by atoms with Crippen LogP contribution in [-0.4, -0.2) is 4.57 Å². The molecule has 2 heteroatoms. The molecule has 0 spiro atoms. The summed E-state index contributed by atoms with van der Waals surface area (Å²) in [5.41, 5.74) is 17.8. The van der Waals surface area contributed by atoms with E-state index in [-0.39, 0.29) is 0 Å². The van der Waals surface area contributed by atoms with Crippen molar-refractivity contribution in [1.82, 2.24) is 4.57 Å². The first kappa shape index (κ1) is 39.6. The first-order valence-electron chi connectivity index (χ1n) is 23.6. The van der Waals surface area contributed by atoms with Crippen molar-refractivity contribution < 1.29 is 0 Å². The molecule has 12 rings (SSSR count). The number of rotatable bonds is 9. The number of fused-ring (bicyclic) bond motifs is 4. The van der Waals surface area contributed by atoms with Crippen LogP contribution in [0.25, 0.3) is 82.8 Å². The highest BCUT2D eigenvalue weighted by atomic mass is 15.2. The Labute approximate surface area is 387 Å². The van der Waals surface area contributed by atoms with Crippen molar-refractivity contribution in [3.05, 3.63) is 242 Å². The second-order valence-electron chi connectivity index (χ2n) is 17.9. The van der Waals surface area contributed by atoms with Crippen molar-refractivity contribution in [2.45, 2.75) is 38.0 Å². The summed E-state index contributed by atoms with van der Waals surface area (Å²) in [5, 5.41) is 4.89. The van der Waals surface area contributed by atoms with E-state index in [1.807, 2.05) is 0 Å². The van der Waals surface area contributed by atoms with Gasteiger partial charge >= 0.3 is 0 Å². The van der Waals surface area contributed by atoms with Gasteiger partial charge in [-0.2, -0.15) is 0 Å². The van der Waals surface area contributed by atoms with Crippen molar-refractivity contribution in [3.63, 3.8) is 0 Å². The molecule has 0 unspecified atom stereocenters. The minimum absolute atomic E-state index is 0.705. The fourth-order valence-electron chi connectivity index (χ4n) is 10.7. The Morgan fingerprint density at radius 3 is 1.65 bits per heavy atom. The van der Waals surface area contributed by atoms with Gasteiger partial charge in [-0.15, -0.1) is 0 Å². The normalized spacial score (nSPS) is 13.1. The fourth-order valence-corrected chi connectivity index (χ4v) is 10.7. The zero-order valence-corrected chi connectivity index (χ0v) is 37.0. The van der Waals surface area contributed by atoms with Crippen LogP contribution in [0.5, 0.6) is 0 Å². The van der Waals surface area contributed by atoms with Gasteiger partial charge < -0.3 is 9.47 Å². The Balaban J connectivity index is 1.07. The minimum Gasteiger partial charge on any atom is -0.309 e. The van der Waals surface area contributed by atoms with Gasteiger partial charge in [0.2, 0.25) is 0 Å². The average Bonchev–Trinajstić information content (AvgIpc) is 3.73. The zero-order valence-electron chi connectivity index (χ0n) is 37.0. The van der Waals surface area contributed by atoms with Gasteiger partial charge in [-0.05, 0) is 117 Å². The minimum atomic E-state index is 0.705. The third-order valence-electron chi connectivity index (χ3n) is 14.0. The molecule has 1 aromatic heterocycles. The van der Waals surface area contributed by atoms with Crippen LogP contribution in [0.1, 0.15) is 43.6 Å². The van der Waals surface area contributed by atoms with Gasteiger partial charge in [0.15, 0.2) is 0 Å². The van der Waals surface area contributed by atoms with Crippen LogP contribution in [0.3, 0.4) is 0 Å². The third-order valence-corrected chi connectivity index (χ3v) is 14.0. The van der Waals surface area contributed by atoms with Crippen LogP contribution in [0.2, 0.25) is 0 Å². The van der Waals surface area contributed by atoms with Crippen LogP contribution in [-0.2, 0) is 0 Å². The van der Waals surface area contributed by atoms with E-state index >= 15 is 0 Å². The summed E-state index contributed by atoms with van der Waals surface area (Å²) in [6.07, 6.45) is 6.72. The predicted molar refractivity (Wildman–Crippen MR) is 281 cm³/mol. The molecule has 0 amide bonds. The third kappa shape index (κ3) is 7.25. The second-order valence-corrected chi connectivity index (χ2v) is 17.9. The molecule has 0 aliphatic heterocycles. The van der Waals surface area contributed by atoms with E-state index in [1.165, 1.54) is 98.1 Å². The molecule has 66 heavy (non-hydrogen) atoms. The van der Waals surface area contributed by atoms with E-state index in [2.05, 4.69) is 246 Å². The van der Waals surface area contributed by atoms with Gasteiger partial charge in [0, 0.05) is 33.3 Å². The summed E-state index contributed by atoms with van der Waals surface area (Å²) in [5.74, 6) is 0.705. The topological polar surface area (TPSA) is 8.17 Å². The lowest BCUT2D eigenvalue weighted by atomic mass is 9.84. The maximum absolute atomic E-state index is 2.51. The second kappa shape index (κ2) is 17.2. The fraction of sp³-hybridized carbons (Fsp3) is 0.0938. The molecule has 2 nitrogen and oxygen atoms in total. The molecule has 0 atom stereocenters. The zero-order chi connectivity index (χ0) is 43.8. The summed E-state index contributed by atoms with van der Waals surface area (Å²) >= 11 is 0. The Morgan fingerprint density at radius 2 is 0.924 bits per heavy atom. The number of aromatic nitrogens is 1. The molecule has 1 heterocycles. The summed E-state index contributed by atoms with van der Waals surface area (Å²) in [7, 11) is 0. The quantitative estimate of drug-likeness (QED) is 0.140. The highest BCUT2D eigenvalue weighted by Gasteiger charge is 2.25. The number of hydrogen-bond acceptors (Lipinski definition) is 1. The molecule has 0 bridgehead atoms. The molecular weight excluding hydrogens is 797 g/mol. The molecule has 11 aromatic rings. The molecule has 0 N–H and O–H groups in total. The molecule has 0 radical (unpaired) electrons. The van der Waals surface area contributed by atoms with Crippen LogP contribution in [0.15, 0.2) is 237 Å². The van der Waals surface area contributed by atoms with Crippen LogP contribution >= 0.6 is 0 Å². The molecular formula is C64H50N2. The largest absolute Gasteiger partial charge is 0.309 e. The molecule has 1 aliphatic carbocycles. The predicted octanol–water partition coefficient (Wildman–Crippen LogP) is 18.1. The Hall–Kier alpha value is -7.94. The van der Waals surface area contributed by atoms with Crippen LogP contribution in [0.4, 0.5) is 17.1 Å². The van der Waals surface area contributed by atoms with Gasteiger partial charge in [-0.3, -0.25) is 0 Å². The van der Waals surface area contributed by atoms with Crippen molar-refractivity contribution >= 4 is 49.6 Å². The lowest BCUT2D eigenvalue weighted by Crippen LogP contribution is -2.13. The van der Waals surface area contributed by atoms with Crippen molar-refractivity contribution in [1.29, 1.82) is 0 Å². The van der Waals surface area contributed by atoms with Gasteiger partial charge in [0.05, 0.1) is 22.4 Å². The summed E-state index contributed by atoms with van der Waals surface area (Å²) < 4.78 is 2.46. The Bertz CT molecular complexity index is 3470. The molecule has 0 saturated heterocycles. The van der Waals surface area contributed by atoms with E-state index in [0.717, 1.165) is 39.4 Å². The number of nitrogens with zero attached hydrogens (tertiary/aromatic N) is 2. The lowest BCUT2D eigenvalue weighted by molar-refractivity contribution is 0.443. The van der Waals surface area contributed by atoms with Crippen LogP contribution < -0.4 is 4.90 Å². The monoisotopic (exact) mass is 846 g/mol. The SMILES string of the molecule is c1ccc(-c2ccc(N(c3ccc4c5ccccc5n(-c5ccc(-c6ccc(C7CCCCC7)cc6)cc5)c4c3)c3ccc4ccccc4c3-c3ccccc3)c(-c3ccccc3)c2)cc1. The number of anilines is 3. The molecule has 1 fully saturated rings. The average molecular weight is 847 g/mol. The van der Waals surface area contributed by atoms with Crippen molar-refractivity contribution in [2.24, 2.45) is 0 Å². The Kier molecular flexibility index (Phi) is 10.3. The van der Waals surface area contributed by atoms with E-state index < -0.39 is 0 Å². The smallest absolute Gasteiger partial charge is 0.0561 e. The molecule has 1 aliphatic rings. The summed E-state index contributed by atoms with van der Waals surface area (Å²) in [4.78, 5) is 2.51. The first-order valence-corrected chi connectivity index (χ1v) is 23.6. The highest BCUT2D eigenvalue weighted by Crippen LogP contribution is 2.49. The summed E-state index contributed by atoms with van der Waals surface area (Å²) in [6, 6.07) is 87.4. The maximum atomic E-state index is 2.51. The van der Waals surface area contributed by atoms with E-state index in [4.69, 9.17) is 0 Å². The summed E-state index contributed by atoms with van der Waals surface area (Å²) in [6.45, 7) is 0. The van der Waals surface area contributed by atoms with Crippen molar-refractivity contribution in [3.8, 4) is 50.2 Å². The number of benzene rings is 10. The van der Waals surface area contributed by atoms with Crippen LogP contribution in [0, 0.1) is 0 Å². The standard InChI is InChI=1S/C64H50N2/c1-5-17-45(18-6-1)47-29-31-48(32-30-47)49-33-37-54(38-34-49)65-60-28-16-15-27-57(60)58-40-39-55(44-63(58)65)66(62-42-35-51-23-13-14-26-56(51)64(62)52-24-11-4-12-25-52)61-41-36-53(46-19-7-2-8-20-46)43-59(61)50-21-9-3-10-22-50/h2-4,7-16,19-45H,1,5-6,17-18H2. The van der Waals surface area contributed by atoms with E-state index in [1.54, 1.807) is 0 Å². The van der Waals surface area contributed by atoms with Crippen molar-refractivity contribution in [2.75, 3.05) is 4.90 Å². The number of para-hydroxylation sites is 1. The molecule has 1 saturated carbocycles. The molecule has 10 aromatic carbocycles. The number of hydrogen-bond donors (Lipinski definition) is 0. The first-order chi connectivity index (χ1) is 32.7. The van der Waals surface area contributed by atoms with Gasteiger partial charge in [0.25, 0.3) is 0 Å².